The number of hydrogen-bond acceptors (Lipinski definition) is 6. The van der Waals surface area contributed by atoms with Crippen molar-refractivity contribution in [1.82, 2.24) is 0 Å². The lowest BCUT2D eigenvalue weighted by molar-refractivity contribution is -0.171. The number of fused-ring (bicyclic) bond motifs is 1. The lowest BCUT2D eigenvalue weighted by Crippen LogP contribution is -2.49. The van der Waals surface area contributed by atoms with E-state index in [9.17, 15) is 14.4 Å². The largest absolute Gasteiger partial charge is 0.497 e. The van der Waals surface area contributed by atoms with Crippen LogP contribution in [-0.4, -0.2) is 31.9 Å². The van der Waals surface area contributed by atoms with Gasteiger partial charge in [-0.1, -0.05) is 23.7 Å². The molecule has 0 aliphatic rings. The monoisotopic (exact) mass is 455 g/mol. The van der Waals surface area contributed by atoms with Gasteiger partial charge < -0.3 is 19.5 Å². The number of anilines is 1. The normalized spacial score (nSPS) is 12.5. The standard InChI is InChI=1S/C24H22ClNO6/c1-14(27)24(32-15(2)28,23(29)26-18-9-7-17(25)8-10-18)22-20-13-19(30-3)11-5-16(20)6-12-21(22)31-4/h5-13H,1-4H3,(H,26,29). The number of amides is 1. The number of rotatable bonds is 7. The van der Waals surface area contributed by atoms with Gasteiger partial charge in [0.1, 0.15) is 11.5 Å². The van der Waals surface area contributed by atoms with Crippen molar-refractivity contribution >= 4 is 45.7 Å². The number of ether oxygens (including phenoxy) is 3. The number of methoxy groups -OCH3 is 2. The zero-order valence-corrected chi connectivity index (χ0v) is 18.8. The molecule has 1 amide bonds. The van der Waals surface area contributed by atoms with Crippen molar-refractivity contribution in [3.8, 4) is 11.5 Å². The van der Waals surface area contributed by atoms with Gasteiger partial charge in [0.25, 0.3) is 11.5 Å². The van der Waals surface area contributed by atoms with Crippen LogP contribution in [0, 0.1) is 0 Å². The molecule has 0 spiro atoms. The van der Waals surface area contributed by atoms with Gasteiger partial charge in [-0.15, -0.1) is 0 Å². The van der Waals surface area contributed by atoms with E-state index in [-0.39, 0.29) is 11.3 Å². The van der Waals surface area contributed by atoms with Crippen LogP contribution in [0.4, 0.5) is 5.69 Å². The maximum Gasteiger partial charge on any atom is 0.304 e. The minimum absolute atomic E-state index is 0.102. The van der Waals surface area contributed by atoms with Crippen molar-refractivity contribution in [3.63, 3.8) is 0 Å². The number of benzene rings is 3. The molecule has 3 aromatic carbocycles. The third kappa shape index (κ3) is 4.24. The maximum absolute atomic E-state index is 13.6. The molecule has 0 radical (unpaired) electrons. The summed E-state index contributed by atoms with van der Waals surface area (Å²) in [6.45, 7) is 2.31. The van der Waals surface area contributed by atoms with E-state index >= 15 is 0 Å². The zero-order chi connectivity index (χ0) is 23.5. The van der Waals surface area contributed by atoms with E-state index in [2.05, 4.69) is 5.32 Å². The second kappa shape index (κ2) is 9.28. The molecule has 3 aromatic rings. The topological polar surface area (TPSA) is 90.9 Å². The van der Waals surface area contributed by atoms with Crippen LogP contribution in [0.1, 0.15) is 19.4 Å². The van der Waals surface area contributed by atoms with Crippen molar-refractivity contribution < 1.29 is 28.6 Å². The van der Waals surface area contributed by atoms with Crippen LogP contribution in [0.25, 0.3) is 10.8 Å². The van der Waals surface area contributed by atoms with Crippen molar-refractivity contribution in [1.29, 1.82) is 0 Å². The first-order valence-corrected chi connectivity index (χ1v) is 10.0. The zero-order valence-electron chi connectivity index (χ0n) is 18.0. The Hall–Kier alpha value is -3.58. The molecule has 1 N–H and O–H groups in total. The molecule has 0 saturated heterocycles. The highest BCUT2D eigenvalue weighted by Crippen LogP contribution is 2.42. The number of carbonyl (C=O) groups is 3. The molecular weight excluding hydrogens is 434 g/mol. The summed E-state index contributed by atoms with van der Waals surface area (Å²) in [5.41, 5.74) is -1.84. The summed E-state index contributed by atoms with van der Waals surface area (Å²) in [6, 6.07) is 14.9. The van der Waals surface area contributed by atoms with Gasteiger partial charge in [0.05, 0.1) is 19.8 Å². The Balaban J connectivity index is 2.33. The Morgan fingerprint density at radius 3 is 2.12 bits per heavy atom. The minimum Gasteiger partial charge on any atom is -0.497 e. The van der Waals surface area contributed by atoms with E-state index in [0.717, 1.165) is 6.92 Å². The lowest BCUT2D eigenvalue weighted by Gasteiger charge is -2.32. The van der Waals surface area contributed by atoms with Crippen molar-refractivity contribution in [3.05, 3.63) is 65.2 Å². The van der Waals surface area contributed by atoms with Crippen LogP contribution in [-0.2, 0) is 24.7 Å². The van der Waals surface area contributed by atoms with Gasteiger partial charge in [-0.2, -0.15) is 0 Å². The first-order chi connectivity index (χ1) is 15.2. The molecule has 3 rings (SSSR count). The predicted octanol–water partition coefficient (Wildman–Crippen LogP) is 4.50. The van der Waals surface area contributed by atoms with Gasteiger partial charge in [-0.3, -0.25) is 14.4 Å². The summed E-state index contributed by atoms with van der Waals surface area (Å²) in [4.78, 5) is 38.9. The fourth-order valence-electron chi connectivity index (χ4n) is 3.53. The van der Waals surface area contributed by atoms with Crippen molar-refractivity contribution in [2.24, 2.45) is 0 Å². The molecule has 8 heteroatoms. The van der Waals surface area contributed by atoms with E-state index in [4.69, 9.17) is 25.8 Å². The number of esters is 1. The first-order valence-electron chi connectivity index (χ1n) is 9.65. The fraction of sp³-hybridized carbons (Fsp3) is 0.208. The van der Waals surface area contributed by atoms with Crippen LogP contribution < -0.4 is 14.8 Å². The average Bonchev–Trinajstić information content (AvgIpc) is 2.77. The number of carbonyl (C=O) groups excluding carboxylic acids is 3. The molecule has 0 saturated carbocycles. The van der Waals surface area contributed by atoms with Gasteiger partial charge in [-0.05, 0) is 60.2 Å². The summed E-state index contributed by atoms with van der Waals surface area (Å²) >= 11 is 5.92. The molecule has 0 aliphatic carbocycles. The molecule has 1 unspecified atom stereocenters. The van der Waals surface area contributed by atoms with E-state index < -0.39 is 23.3 Å². The summed E-state index contributed by atoms with van der Waals surface area (Å²) in [5.74, 6) is -1.67. The SMILES string of the molecule is COc1ccc2ccc(OC)c(C(OC(C)=O)(C(C)=O)C(=O)Nc3ccc(Cl)cc3)c2c1. The molecule has 32 heavy (non-hydrogen) atoms. The molecule has 0 fully saturated rings. The Labute approximate surface area is 190 Å². The summed E-state index contributed by atoms with van der Waals surface area (Å²) in [7, 11) is 2.90. The van der Waals surface area contributed by atoms with Gasteiger partial charge in [-0.25, -0.2) is 0 Å². The molecule has 166 valence electrons. The number of Topliss-reactive ketones (excluding diaryl/α,β-unsaturated/α-hetero) is 1. The molecule has 0 bridgehead atoms. The molecule has 0 aromatic heterocycles. The Morgan fingerprint density at radius 2 is 1.56 bits per heavy atom. The number of hydrogen-bond donors (Lipinski definition) is 1. The van der Waals surface area contributed by atoms with Crippen LogP contribution in [0.2, 0.25) is 5.02 Å². The quantitative estimate of drug-likeness (QED) is 0.416. The van der Waals surface area contributed by atoms with Crippen LogP contribution in [0.3, 0.4) is 0 Å². The van der Waals surface area contributed by atoms with Gasteiger partial charge in [0, 0.05) is 17.6 Å². The van der Waals surface area contributed by atoms with Gasteiger partial charge >= 0.3 is 5.97 Å². The highest BCUT2D eigenvalue weighted by Gasteiger charge is 2.51. The number of ketones is 1. The Kier molecular flexibility index (Phi) is 6.69. The molecule has 7 nitrogen and oxygen atoms in total. The van der Waals surface area contributed by atoms with Crippen LogP contribution >= 0.6 is 11.6 Å². The molecule has 0 heterocycles. The highest BCUT2D eigenvalue weighted by molar-refractivity contribution is 6.30. The van der Waals surface area contributed by atoms with Gasteiger partial charge in [0.15, 0.2) is 5.78 Å². The fourth-order valence-corrected chi connectivity index (χ4v) is 3.65. The second-order valence-electron chi connectivity index (χ2n) is 7.02. The van der Waals surface area contributed by atoms with Gasteiger partial charge in [0.2, 0.25) is 0 Å². The average molecular weight is 456 g/mol. The van der Waals surface area contributed by atoms with Crippen LogP contribution in [0.15, 0.2) is 54.6 Å². The third-order valence-electron chi connectivity index (χ3n) is 4.98. The summed E-state index contributed by atoms with van der Waals surface area (Å²) < 4.78 is 16.3. The molecular formula is C24H22ClNO6. The van der Waals surface area contributed by atoms with E-state index in [1.807, 2.05) is 0 Å². The van der Waals surface area contributed by atoms with Crippen molar-refractivity contribution in [2.75, 3.05) is 19.5 Å². The summed E-state index contributed by atoms with van der Waals surface area (Å²) in [5, 5.41) is 4.29. The van der Waals surface area contributed by atoms with E-state index in [0.29, 0.717) is 27.2 Å². The molecule has 1 atom stereocenters. The smallest absolute Gasteiger partial charge is 0.304 e. The maximum atomic E-state index is 13.6. The highest BCUT2D eigenvalue weighted by atomic mass is 35.5. The lowest BCUT2D eigenvalue weighted by atomic mass is 9.84. The minimum atomic E-state index is -2.32. The third-order valence-corrected chi connectivity index (χ3v) is 5.23. The Bertz CT molecular complexity index is 1190. The number of nitrogens with one attached hydrogen (secondary N) is 1. The first kappa shape index (κ1) is 23.1. The molecule has 0 aliphatic heterocycles. The number of halogens is 1. The van der Waals surface area contributed by atoms with Crippen LogP contribution in [0.5, 0.6) is 11.5 Å². The Morgan fingerprint density at radius 1 is 0.906 bits per heavy atom. The van der Waals surface area contributed by atoms with E-state index in [1.54, 1.807) is 54.6 Å². The van der Waals surface area contributed by atoms with Crippen molar-refractivity contribution in [2.45, 2.75) is 19.4 Å². The second-order valence-corrected chi connectivity index (χ2v) is 7.46. The summed E-state index contributed by atoms with van der Waals surface area (Å²) in [6.07, 6.45) is 0. The van der Waals surface area contributed by atoms with E-state index in [1.165, 1.54) is 21.1 Å². The predicted molar refractivity (Wildman–Crippen MR) is 121 cm³/mol.